The van der Waals surface area contributed by atoms with Crippen LogP contribution in [-0.4, -0.2) is 18.7 Å². The van der Waals surface area contributed by atoms with Crippen LogP contribution in [0.25, 0.3) is 10.8 Å². The van der Waals surface area contributed by atoms with E-state index in [1.165, 1.54) is 19.4 Å². The molecule has 24 heavy (non-hydrogen) atoms. The van der Waals surface area contributed by atoms with E-state index in [1.807, 2.05) is 80.2 Å². The van der Waals surface area contributed by atoms with Crippen molar-refractivity contribution in [3.63, 3.8) is 0 Å². The average molecular weight is 344 g/mol. The van der Waals surface area contributed by atoms with Crippen LogP contribution in [0.15, 0.2) is 65.4 Å². The van der Waals surface area contributed by atoms with Gasteiger partial charge in [-0.1, -0.05) is 62.4 Å². The van der Waals surface area contributed by atoms with Gasteiger partial charge in [0.25, 0.3) is 0 Å². The molecule has 0 spiro atoms. The van der Waals surface area contributed by atoms with E-state index in [4.69, 9.17) is 0 Å². The number of fused-ring (bicyclic) bond motifs is 1. The summed E-state index contributed by atoms with van der Waals surface area (Å²) in [4.78, 5) is 0. The molecule has 2 N–H and O–H groups in total. The molecule has 130 valence electrons. The van der Waals surface area contributed by atoms with Gasteiger partial charge in [0, 0.05) is 5.39 Å². The maximum atomic E-state index is 9.37. The molecule has 1 saturated carbocycles. The van der Waals surface area contributed by atoms with Crippen molar-refractivity contribution in [1.82, 2.24) is 5.32 Å². The number of phenolic OH excluding ortho intramolecular Hbond substituents is 1. The Kier molecular flexibility index (Phi) is 10.6. The van der Waals surface area contributed by atoms with Gasteiger partial charge in [-0.25, -0.2) is 0 Å². The topological polar surface area (TPSA) is 32.3 Å². The van der Waals surface area contributed by atoms with E-state index >= 15 is 0 Å². The highest BCUT2D eigenvalue weighted by Crippen LogP contribution is 2.27. The second-order valence-electron chi connectivity index (χ2n) is 5.29. The fourth-order valence-electron chi connectivity index (χ4n) is 2.05. The van der Waals surface area contributed by atoms with E-state index in [9.17, 15) is 5.11 Å². The summed E-state index contributed by atoms with van der Waals surface area (Å²) in [6.45, 7) is 5.24. The number of rotatable bonds is 2. The third-order valence-corrected chi connectivity index (χ3v) is 4.01. The fraction of sp³-hybridized carbons (Fsp3) is 0.333. The molecule has 0 unspecified atom stereocenters. The lowest BCUT2D eigenvalue weighted by atomic mass is 10.1. The summed E-state index contributed by atoms with van der Waals surface area (Å²) >= 11 is 1.71. The highest BCUT2D eigenvalue weighted by molar-refractivity contribution is 7.07. The van der Waals surface area contributed by atoms with Crippen LogP contribution in [0.5, 0.6) is 5.75 Å². The highest BCUT2D eigenvalue weighted by atomic mass is 32.1. The molecule has 0 saturated heterocycles. The Morgan fingerprint density at radius 2 is 1.58 bits per heavy atom. The minimum atomic E-state index is 0.350. The summed E-state index contributed by atoms with van der Waals surface area (Å²) in [6, 6.07) is 17.3. The standard InChI is InChI=1S/C10H8O.C5H11N.C4H4S.C2H6/c11-10-7-3-5-8-4-1-2-6-9(8)10;1-6-4-5-2-3-5;1-2-4-5-3-1;1-2/h1-7,11H;5-6H,2-4H2,1H3;1-4H;1-2H3. The molecule has 3 aromatic rings. The van der Waals surface area contributed by atoms with E-state index < -0.39 is 0 Å². The highest BCUT2D eigenvalue weighted by Gasteiger charge is 2.19. The number of benzene rings is 2. The molecule has 2 aromatic carbocycles. The normalized spacial score (nSPS) is 12.0. The Morgan fingerprint density at radius 3 is 2.04 bits per heavy atom. The van der Waals surface area contributed by atoms with Crippen LogP contribution in [-0.2, 0) is 0 Å². The van der Waals surface area contributed by atoms with Gasteiger partial charge in [-0.05, 0) is 54.6 Å². The molecular formula is C21H29NOS. The zero-order valence-corrected chi connectivity index (χ0v) is 15.7. The van der Waals surface area contributed by atoms with Crippen LogP contribution < -0.4 is 5.32 Å². The number of phenols is 1. The van der Waals surface area contributed by atoms with Gasteiger partial charge in [-0.2, -0.15) is 11.3 Å². The summed E-state index contributed by atoms with van der Waals surface area (Å²) in [7, 11) is 2.01. The molecule has 1 aliphatic carbocycles. The number of thiophene rings is 1. The molecule has 3 heteroatoms. The summed E-state index contributed by atoms with van der Waals surface area (Å²) in [5, 5.41) is 18.6. The summed E-state index contributed by atoms with van der Waals surface area (Å²) in [5.41, 5.74) is 0. The van der Waals surface area contributed by atoms with Crippen LogP contribution in [0.1, 0.15) is 26.7 Å². The van der Waals surface area contributed by atoms with Gasteiger partial charge in [0.15, 0.2) is 0 Å². The molecule has 1 aliphatic rings. The van der Waals surface area contributed by atoms with Crippen molar-refractivity contribution < 1.29 is 5.11 Å². The first-order valence-corrected chi connectivity index (χ1v) is 9.54. The predicted molar refractivity (Wildman–Crippen MR) is 108 cm³/mol. The molecule has 4 rings (SSSR count). The molecule has 1 fully saturated rings. The molecule has 0 amide bonds. The predicted octanol–water partition coefficient (Wildman–Crippen LogP) is 5.94. The van der Waals surface area contributed by atoms with Crippen LogP contribution in [0.2, 0.25) is 0 Å². The van der Waals surface area contributed by atoms with Crippen LogP contribution in [0.3, 0.4) is 0 Å². The van der Waals surface area contributed by atoms with Crippen molar-refractivity contribution in [2.45, 2.75) is 26.7 Å². The fourth-order valence-corrected chi connectivity index (χ4v) is 2.50. The maximum absolute atomic E-state index is 9.37. The zero-order valence-electron chi connectivity index (χ0n) is 14.9. The molecule has 2 nitrogen and oxygen atoms in total. The van der Waals surface area contributed by atoms with Crippen LogP contribution in [0.4, 0.5) is 0 Å². The van der Waals surface area contributed by atoms with Gasteiger partial charge in [-0.3, -0.25) is 0 Å². The van der Waals surface area contributed by atoms with Gasteiger partial charge in [0.1, 0.15) is 5.75 Å². The minimum Gasteiger partial charge on any atom is -0.507 e. The Hall–Kier alpha value is -1.84. The van der Waals surface area contributed by atoms with Crippen LogP contribution >= 0.6 is 11.3 Å². The third kappa shape index (κ3) is 8.14. The molecule has 0 aliphatic heterocycles. The molecule has 1 aromatic heterocycles. The first kappa shape index (κ1) is 20.2. The van der Waals surface area contributed by atoms with Crippen molar-refractivity contribution in [2.24, 2.45) is 5.92 Å². The summed E-state index contributed by atoms with van der Waals surface area (Å²) in [5.74, 6) is 1.39. The van der Waals surface area contributed by atoms with Gasteiger partial charge >= 0.3 is 0 Å². The summed E-state index contributed by atoms with van der Waals surface area (Å²) < 4.78 is 0. The van der Waals surface area contributed by atoms with Crippen molar-refractivity contribution in [2.75, 3.05) is 13.6 Å². The zero-order chi connectivity index (χ0) is 17.6. The Morgan fingerprint density at radius 1 is 0.958 bits per heavy atom. The van der Waals surface area contributed by atoms with E-state index in [0.717, 1.165) is 16.7 Å². The third-order valence-electron chi connectivity index (χ3n) is 3.38. The Labute approximate surface area is 150 Å². The molecule has 0 atom stereocenters. The lowest BCUT2D eigenvalue weighted by molar-refractivity contribution is 0.481. The number of hydrogen-bond acceptors (Lipinski definition) is 3. The Bertz CT molecular complexity index is 625. The first-order chi connectivity index (χ1) is 11.8. The largest absolute Gasteiger partial charge is 0.507 e. The van der Waals surface area contributed by atoms with Crippen LogP contribution in [0, 0.1) is 5.92 Å². The smallest absolute Gasteiger partial charge is 0.123 e. The molecule has 1 heterocycles. The summed E-state index contributed by atoms with van der Waals surface area (Å²) in [6.07, 6.45) is 2.92. The van der Waals surface area contributed by atoms with E-state index in [1.54, 1.807) is 17.4 Å². The average Bonchev–Trinajstić information content (AvgIpc) is 3.25. The number of aromatic hydroxyl groups is 1. The minimum absolute atomic E-state index is 0.350. The van der Waals surface area contributed by atoms with E-state index in [-0.39, 0.29) is 0 Å². The number of nitrogens with one attached hydrogen (secondary N) is 1. The quantitative estimate of drug-likeness (QED) is 0.604. The molecule has 0 bridgehead atoms. The van der Waals surface area contributed by atoms with E-state index in [2.05, 4.69) is 5.32 Å². The SMILES string of the molecule is CC.CNCC1CC1.Oc1cccc2ccccc12.c1ccsc1. The number of hydrogen-bond donors (Lipinski definition) is 2. The first-order valence-electron chi connectivity index (χ1n) is 8.59. The van der Waals surface area contributed by atoms with Gasteiger partial charge in [0.05, 0.1) is 0 Å². The lowest BCUT2D eigenvalue weighted by Crippen LogP contribution is -2.08. The van der Waals surface area contributed by atoms with E-state index in [0.29, 0.717) is 5.75 Å². The second-order valence-corrected chi connectivity index (χ2v) is 6.11. The molecule has 0 radical (unpaired) electrons. The lowest BCUT2D eigenvalue weighted by Gasteiger charge is -1.97. The Balaban J connectivity index is 0.000000188. The van der Waals surface area contributed by atoms with Crippen molar-refractivity contribution in [3.8, 4) is 5.75 Å². The second kappa shape index (κ2) is 12.6. The van der Waals surface area contributed by atoms with Crippen molar-refractivity contribution in [1.29, 1.82) is 0 Å². The monoisotopic (exact) mass is 343 g/mol. The van der Waals surface area contributed by atoms with Crippen molar-refractivity contribution >= 4 is 22.1 Å². The van der Waals surface area contributed by atoms with Gasteiger partial charge in [-0.15, -0.1) is 0 Å². The molecular weight excluding hydrogens is 314 g/mol. The van der Waals surface area contributed by atoms with Gasteiger partial charge < -0.3 is 10.4 Å². The maximum Gasteiger partial charge on any atom is 0.123 e. The van der Waals surface area contributed by atoms with Crippen molar-refractivity contribution in [3.05, 3.63) is 65.4 Å². The van der Waals surface area contributed by atoms with Gasteiger partial charge in [0.2, 0.25) is 0 Å².